The summed E-state index contributed by atoms with van der Waals surface area (Å²) in [7, 11) is 1.48. The molecule has 3 rings (SSSR count). The third-order valence-electron chi connectivity index (χ3n) is 4.26. The van der Waals surface area contributed by atoms with Crippen LogP contribution in [0.2, 0.25) is 0 Å². The van der Waals surface area contributed by atoms with Gasteiger partial charge in [0.05, 0.1) is 12.8 Å². The van der Waals surface area contributed by atoms with E-state index in [9.17, 15) is 14.4 Å². The SMILES string of the molecule is COc1cc(NC(=O)c2ccc(Oc3ccc(C(N)=O)cc3)cc2)ccc1NC(C)=O. The van der Waals surface area contributed by atoms with Crippen LogP contribution in [0.25, 0.3) is 0 Å². The minimum absolute atomic E-state index is 0.221. The number of hydrogen-bond acceptors (Lipinski definition) is 5. The highest BCUT2D eigenvalue weighted by molar-refractivity contribution is 6.04. The molecule has 3 amide bonds. The van der Waals surface area contributed by atoms with Gasteiger partial charge in [0.25, 0.3) is 5.91 Å². The van der Waals surface area contributed by atoms with Gasteiger partial charge in [0.2, 0.25) is 11.8 Å². The highest BCUT2D eigenvalue weighted by Gasteiger charge is 2.10. The van der Waals surface area contributed by atoms with Crippen molar-refractivity contribution in [1.82, 2.24) is 0 Å². The van der Waals surface area contributed by atoms with Gasteiger partial charge in [-0.25, -0.2) is 0 Å². The first kappa shape index (κ1) is 21.4. The van der Waals surface area contributed by atoms with Gasteiger partial charge in [-0.1, -0.05) is 0 Å². The molecule has 0 atom stereocenters. The van der Waals surface area contributed by atoms with E-state index in [2.05, 4.69) is 10.6 Å². The maximum absolute atomic E-state index is 12.5. The Hall–Kier alpha value is -4.33. The van der Waals surface area contributed by atoms with Crippen molar-refractivity contribution in [1.29, 1.82) is 0 Å². The van der Waals surface area contributed by atoms with Crippen molar-refractivity contribution in [3.63, 3.8) is 0 Å². The topological polar surface area (TPSA) is 120 Å². The van der Waals surface area contributed by atoms with Gasteiger partial charge in [-0.15, -0.1) is 0 Å². The number of methoxy groups -OCH3 is 1. The molecular formula is C23H21N3O5. The Morgan fingerprint density at radius 2 is 1.39 bits per heavy atom. The molecule has 8 heteroatoms. The minimum atomic E-state index is -0.510. The highest BCUT2D eigenvalue weighted by Crippen LogP contribution is 2.28. The average Bonchev–Trinajstić information content (AvgIpc) is 2.75. The van der Waals surface area contributed by atoms with E-state index in [1.807, 2.05) is 0 Å². The Labute approximate surface area is 179 Å². The van der Waals surface area contributed by atoms with Gasteiger partial charge >= 0.3 is 0 Å². The van der Waals surface area contributed by atoms with Gasteiger partial charge < -0.3 is 25.8 Å². The van der Waals surface area contributed by atoms with Crippen LogP contribution < -0.4 is 25.8 Å². The number of benzene rings is 3. The average molecular weight is 419 g/mol. The number of hydrogen-bond donors (Lipinski definition) is 3. The fraction of sp³-hybridized carbons (Fsp3) is 0.0870. The number of nitrogens with one attached hydrogen (secondary N) is 2. The molecule has 31 heavy (non-hydrogen) atoms. The maximum Gasteiger partial charge on any atom is 0.255 e. The molecule has 3 aromatic rings. The summed E-state index contributed by atoms with van der Waals surface area (Å²) in [5, 5.41) is 5.44. The zero-order chi connectivity index (χ0) is 22.4. The Balaban J connectivity index is 1.66. The molecule has 158 valence electrons. The highest BCUT2D eigenvalue weighted by atomic mass is 16.5. The zero-order valence-electron chi connectivity index (χ0n) is 17.0. The van der Waals surface area contributed by atoms with Crippen LogP contribution in [0.1, 0.15) is 27.6 Å². The van der Waals surface area contributed by atoms with Gasteiger partial charge in [0.1, 0.15) is 17.2 Å². The molecule has 0 aliphatic rings. The van der Waals surface area contributed by atoms with Crippen molar-refractivity contribution in [2.75, 3.05) is 17.7 Å². The summed E-state index contributed by atoms with van der Waals surface area (Å²) in [5.41, 5.74) is 7.07. The van der Waals surface area contributed by atoms with Crippen LogP contribution in [-0.2, 0) is 4.79 Å². The summed E-state index contributed by atoms with van der Waals surface area (Å²) in [6.45, 7) is 1.40. The first-order chi connectivity index (χ1) is 14.9. The number of anilines is 2. The van der Waals surface area contributed by atoms with Crippen molar-refractivity contribution in [2.45, 2.75) is 6.92 Å². The van der Waals surface area contributed by atoms with E-state index in [0.29, 0.717) is 39.8 Å². The predicted molar refractivity (Wildman–Crippen MR) is 117 cm³/mol. The van der Waals surface area contributed by atoms with Gasteiger partial charge in [-0.2, -0.15) is 0 Å². The minimum Gasteiger partial charge on any atom is -0.494 e. The fourth-order valence-electron chi connectivity index (χ4n) is 2.76. The normalized spacial score (nSPS) is 10.1. The van der Waals surface area contributed by atoms with Crippen LogP contribution in [0, 0.1) is 0 Å². The summed E-state index contributed by atoms with van der Waals surface area (Å²) < 4.78 is 11.0. The monoisotopic (exact) mass is 419 g/mol. The molecule has 0 radical (unpaired) electrons. The van der Waals surface area contributed by atoms with Crippen LogP contribution in [0.5, 0.6) is 17.2 Å². The third kappa shape index (κ3) is 5.60. The smallest absolute Gasteiger partial charge is 0.255 e. The van der Waals surface area contributed by atoms with E-state index in [1.165, 1.54) is 14.0 Å². The van der Waals surface area contributed by atoms with Crippen LogP contribution >= 0.6 is 0 Å². The van der Waals surface area contributed by atoms with Crippen molar-refractivity contribution in [3.05, 3.63) is 77.9 Å². The molecule has 0 saturated carbocycles. The first-order valence-electron chi connectivity index (χ1n) is 9.30. The lowest BCUT2D eigenvalue weighted by Crippen LogP contribution is -2.12. The lowest BCUT2D eigenvalue weighted by Gasteiger charge is -2.12. The standard InChI is InChI=1S/C23H21N3O5/c1-14(27)25-20-12-7-17(13-21(20)30-2)26-23(29)16-5-10-19(11-6-16)31-18-8-3-15(4-9-18)22(24)28/h3-13H,1-2H3,(H2,24,28)(H,25,27)(H,26,29). The van der Waals surface area contributed by atoms with E-state index < -0.39 is 5.91 Å². The Morgan fingerprint density at radius 3 is 1.90 bits per heavy atom. The van der Waals surface area contributed by atoms with Crippen molar-refractivity contribution >= 4 is 29.1 Å². The molecule has 8 nitrogen and oxygen atoms in total. The predicted octanol–water partition coefficient (Wildman–Crippen LogP) is 3.80. The zero-order valence-corrected chi connectivity index (χ0v) is 17.0. The van der Waals surface area contributed by atoms with Gasteiger partial charge in [0.15, 0.2) is 0 Å². The summed E-state index contributed by atoms with van der Waals surface area (Å²) in [6, 6.07) is 17.9. The third-order valence-corrected chi connectivity index (χ3v) is 4.26. The lowest BCUT2D eigenvalue weighted by atomic mass is 10.2. The van der Waals surface area contributed by atoms with Crippen LogP contribution in [0.3, 0.4) is 0 Å². The van der Waals surface area contributed by atoms with E-state index in [1.54, 1.807) is 66.7 Å². The molecule has 0 unspecified atom stereocenters. The first-order valence-corrected chi connectivity index (χ1v) is 9.30. The molecule has 0 aliphatic carbocycles. The molecule has 0 heterocycles. The van der Waals surface area contributed by atoms with Gasteiger partial charge in [-0.05, 0) is 60.7 Å². The van der Waals surface area contributed by atoms with Crippen molar-refractivity contribution in [3.8, 4) is 17.2 Å². The number of ether oxygens (including phenoxy) is 2. The number of carbonyl (C=O) groups excluding carboxylic acids is 3. The van der Waals surface area contributed by atoms with Crippen LogP contribution in [-0.4, -0.2) is 24.8 Å². The summed E-state index contributed by atoms with van der Waals surface area (Å²) >= 11 is 0. The van der Waals surface area contributed by atoms with Crippen molar-refractivity contribution in [2.24, 2.45) is 5.73 Å². The van der Waals surface area contributed by atoms with Gasteiger partial charge in [-0.3, -0.25) is 14.4 Å². The molecule has 4 N–H and O–H groups in total. The second kappa shape index (κ2) is 9.45. The second-order valence-electron chi connectivity index (χ2n) is 6.57. The number of carbonyl (C=O) groups is 3. The number of nitrogens with two attached hydrogens (primary N) is 1. The molecule has 0 bridgehead atoms. The summed E-state index contributed by atoms with van der Waals surface area (Å²) in [5.74, 6) is 0.453. The number of primary amides is 1. The van der Waals surface area contributed by atoms with Crippen LogP contribution in [0.15, 0.2) is 66.7 Å². The van der Waals surface area contributed by atoms with E-state index in [0.717, 1.165) is 0 Å². The Morgan fingerprint density at radius 1 is 0.806 bits per heavy atom. The van der Waals surface area contributed by atoms with Crippen molar-refractivity contribution < 1.29 is 23.9 Å². The molecule has 0 aromatic heterocycles. The number of rotatable bonds is 7. The maximum atomic E-state index is 12.5. The Bertz CT molecular complexity index is 1110. The van der Waals surface area contributed by atoms with Crippen LogP contribution in [0.4, 0.5) is 11.4 Å². The Kier molecular flexibility index (Phi) is 6.51. The van der Waals surface area contributed by atoms with E-state index in [-0.39, 0.29) is 11.8 Å². The molecule has 0 saturated heterocycles. The second-order valence-corrected chi connectivity index (χ2v) is 6.57. The summed E-state index contributed by atoms with van der Waals surface area (Å²) in [4.78, 5) is 34.9. The molecule has 0 fully saturated rings. The van der Waals surface area contributed by atoms with Gasteiger partial charge in [0, 0.05) is 29.8 Å². The molecule has 0 aliphatic heterocycles. The largest absolute Gasteiger partial charge is 0.494 e. The summed E-state index contributed by atoms with van der Waals surface area (Å²) in [6.07, 6.45) is 0. The molecular weight excluding hydrogens is 398 g/mol. The van der Waals surface area contributed by atoms with E-state index in [4.69, 9.17) is 15.2 Å². The number of amides is 3. The molecule has 0 spiro atoms. The quantitative estimate of drug-likeness (QED) is 0.538. The fourth-order valence-corrected chi connectivity index (χ4v) is 2.76. The molecule has 3 aromatic carbocycles. The lowest BCUT2D eigenvalue weighted by molar-refractivity contribution is -0.114. The van der Waals surface area contributed by atoms with E-state index >= 15 is 0 Å².